The fourth-order valence-electron chi connectivity index (χ4n) is 3.52. The van der Waals surface area contributed by atoms with Crippen molar-refractivity contribution in [3.8, 4) is 12.3 Å². The van der Waals surface area contributed by atoms with E-state index in [1.54, 1.807) is 6.92 Å². The molecule has 9 heteroatoms. The number of nitrogens with zero attached hydrogens (tertiary/aromatic N) is 1. The highest BCUT2D eigenvalue weighted by atomic mass is 16.7. The van der Waals surface area contributed by atoms with E-state index in [-0.39, 0.29) is 25.9 Å². The minimum atomic E-state index is -1.08. The number of carbonyl (C=O) groups is 3. The molecule has 0 bridgehead atoms. The number of hydrogen-bond acceptors (Lipinski definition) is 8. The van der Waals surface area contributed by atoms with Gasteiger partial charge in [0.05, 0.1) is 26.8 Å². The molecule has 1 heterocycles. The highest BCUT2D eigenvalue weighted by molar-refractivity contribution is 5.71. The standard InChI is InChI=1S/C25H42NO8/c1-8-12-19(27)32-22-18(5)31-25(30-17-16-26(6,7)15-11-4)24(34-21(29)14-10-3)23(22)33-20(28)13-9-2/h4,18,22-25H,8-10,12-17H2,1-3,5-7H3/q+1/t18-,22-,23+,24+,25?/m0/s1. The summed E-state index contributed by atoms with van der Waals surface area (Å²) >= 11 is 0. The van der Waals surface area contributed by atoms with Gasteiger partial charge in [-0.25, -0.2) is 0 Å². The van der Waals surface area contributed by atoms with Crippen LogP contribution < -0.4 is 0 Å². The van der Waals surface area contributed by atoms with Gasteiger partial charge in [-0.2, -0.15) is 0 Å². The van der Waals surface area contributed by atoms with Gasteiger partial charge >= 0.3 is 17.9 Å². The van der Waals surface area contributed by atoms with Crippen molar-refractivity contribution < 1.29 is 42.6 Å². The molecule has 1 aliphatic rings. The van der Waals surface area contributed by atoms with Crippen LogP contribution in [-0.2, 0) is 38.1 Å². The van der Waals surface area contributed by atoms with E-state index in [1.807, 2.05) is 34.9 Å². The van der Waals surface area contributed by atoms with Crippen molar-refractivity contribution in [2.24, 2.45) is 0 Å². The molecule has 1 aliphatic heterocycles. The van der Waals surface area contributed by atoms with Crippen LogP contribution in [0.2, 0.25) is 0 Å². The molecule has 0 saturated carbocycles. The minimum Gasteiger partial charge on any atom is -0.455 e. The second-order valence-electron chi connectivity index (χ2n) is 9.22. The average molecular weight is 485 g/mol. The summed E-state index contributed by atoms with van der Waals surface area (Å²) in [7, 11) is 3.95. The first-order valence-corrected chi connectivity index (χ1v) is 12.2. The second kappa shape index (κ2) is 15.0. The maximum absolute atomic E-state index is 12.5. The van der Waals surface area contributed by atoms with Crippen LogP contribution >= 0.6 is 0 Å². The SMILES string of the molecule is C#CC[N+](C)(C)CCOC1O[C@@H](C)[C@H](OC(=O)CCC)[C@@H](OC(=O)CCC)[C@H]1OC(=O)CCC. The summed E-state index contributed by atoms with van der Waals surface area (Å²) in [4.78, 5) is 37.2. The van der Waals surface area contributed by atoms with Gasteiger partial charge in [-0.15, -0.1) is 6.42 Å². The number of likely N-dealkylation sites (N-methyl/N-ethyl adjacent to an activating group) is 1. The van der Waals surface area contributed by atoms with Crippen molar-refractivity contribution in [1.29, 1.82) is 0 Å². The summed E-state index contributed by atoms with van der Waals surface area (Å²) < 4.78 is 29.6. The quantitative estimate of drug-likeness (QED) is 0.161. The summed E-state index contributed by atoms with van der Waals surface area (Å²) in [6.07, 6.45) is 3.06. The first-order chi connectivity index (χ1) is 16.1. The van der Waals surface area contributed by atoms with Crippen molar-refractivity contribution >= 4 is 17.9 Å². The largest absolute Gasteiger partial charge is 0.455 e. The lowest BCUT2D eigenvalue weighted by atomic mass is 9.98. The Balaban J connectivity index is 3.18. The summed E-state index contributed by atoms with van der Waals surface area (Å²) in [5, 5.41) is 0. The van der Waals surface area contributed by atoms with Crippen molar-refractivity contribution in [3.05, 3.63) is 0 Å². The molecule has 1 rings (SSSR count). The van der Waals surface area contributed by atoms with E-state index in [1.165, 1.54) is 0 Å². The van der Waals surface area contributed by atoms with Gasteiger partial charge in [0.25, 0.3) is 0 Å². The summed E-state index contributed by atoms with van der Waals surface area (Å²) in [5.41, 5.74) is 0. The van der Waals surface area contributed by atoms with Crippen molar-refractivity contribution in [1.82, 2.24) is 0 Å². The van der Waals surface area contributed by atoms with Gasteiger partial charge in [0, 0.05) is 19.3 Å². The third-order valence-electron chi connectivity index (χ3n) is 5.39. The van der Waals surface area contributed by atoms with Crippen LogP contribution in [0.25, 0.3) is 0 Å². The number of quaternary nitrogens is 1. The van der Waals surface area contributed by atoms with Crippen LogP contribution in [0, 0.1) is 12.3 Å². The summed E-state index contributed by atoms with van der Waals surface area (Å²) in [6, 6.07) is 0. The maximum atomic E-state index is 12.5. The molecule has 1 saturated heterocycles. The molecule has 1 unspecified atom stereocenters. The van der Waals surface area contributed by atoms with Gasteiger partial charge < -0.3 is 28.2 Å². The van der Waals surface area contributed by atoms with Gasteiger partial charge in [0.1, 0.15) is 13.1 Å². The Labute approximate surface area is 204 Å². The third kappa shape index (κ3) is 10.00. The van der Waals surface area contributed by atoms with Gasteiger partial charge in [-0.1, -0.05) is 20.8 Å². The van der Waals surface area contributed by atoms with Crippen LogP contribution in [0.3, 0.4) is 0 Å². The lowest BCUT2D eigenvalue weighted by Crippen LogP contribution is -2.61. The van der Waals surface area contributed by atoms with E-state index < -0.39 is 48.6 Å². The van der Waals surface area contributed by atoms with E-state index in [2.05, 4.69) is 5.92 Å². The molecule has 0 radical (unpaired) electrons. The van der Waals surface area contributed by atoms with E-state index in [9.17, 15) is 14.4 Å². The Bertz CT molecular complexity index is 702. The molecule has 0 aromatic carbocycles. The van der Waals surface area contributed by atoms with Crippen LogP contribution in [0.5, 0.6) is 0 Å². The van der Waals surface area contributed by atoms with Crippen LogP contribution in [0.1, 0.15) is 66.2 Å². The number of esters is 3. The Morgan fingerprint density at radius 3 is 1.79 bits per heavy atom. The predicted molar refractivity (Wildman–Crippen MR) is 125 cm³/mol. The zero-order valence-corrected chi connectivity index (χ0v) is 21.5. The van der Waals surface area contributed by atoms with Gasteiger partial charge in [0.2, 0.25) is 0 Å². The van der Waals surface area contributed by atoms with Crippen molar-refractivity contribution in [2.45, 2.75) is 96.9 Å². The van der Waals surface area contributed by atoms with E-state index in [4.69, 9.17) is 30.1 Å². The Morgan fingerprint density at radius 2 is 1.32 bits per heavy atom. The predicted octanol–water partition coefficient (Wildman–Crippen LogP) is 2.59. The van der Waals surface area contributed by atoms with Crippen LogP contribution in [0.4, 0.5) is 0 Å². The monoisotopic (exact) mass is 484 g/mol. The van der Waals surface area contributed by atoms with Crippen molar-refractivity contribution in [2.75, 3.05) is 33.8 Å². The number of rotatable bonds is 14. The van der Waals surface area contributed by atoms with E-state index in [0.29, 0.717) is 36.8 Å². The minimum absolute atomic E-state index is 0.181. The van der Waals surface area contributed by atoms with Crippen LogP contribution in [-0.4, -0.2) is 86.9 Å². The Hall–Kier alpha value is -2.15. The molecule has 194 valence electrons. The fraction of sp³-hybridized carbons (Fsp3) is 0.800. The molecule has 9 nitrogen and oxygen atoms in total. The first-order valence-electron chi connectivity index (χ1n) is 12.2. The van der Waals surface area contributed by atoms with Gasteiger partial charge in [-0.3, -0.25) is 14.4 Å². The maximum Gasteiger partial charge on any atom is 0.306 e. The first kappa shape index (κ1) is 29.9. The topological polar surface area (TPSA) is 97.4 Å². The molecule has 1 fully saturated rings. The van der Waals surface area contributed by atoms with E-state index in [0.717, 1.165) is 0 Å². The molecular formula is C25H42NO8+. The lowest BCUT2D eigenvalue weighted by Gasteiger charge is -2.43. The second-order valence-corrected chi connectivity index (χ2v) is 9.22. The summed E-state index contributed by atoms with van der Waals surface area (Å²) in [6.45, 7) is 8.66. The zero-order chi connectivity index (χ0) is 25.7. The fourth-order valence-corrected chi connectivity index (χ4v) is 3.52. The van der Waals surface area contributed by atoms with Gasteiger partial charge in [-0.05, 0) is 32.1 Å². The number of carbonyl (C=O) groups excluding carboxylic acids is 3. The summed E-state index contributed by atoms with van der Waals surface area (Å²) in [5.74, 6) is 1.25. The molecule has 5 atom stereocenters. The Kier molecular flexibility index (Phi) is 13.2. The molecule has 0 aliphatic carbocycles. The molecule has 0 amide bonds. The molecular weight excluding hydrogens is 442 g/mol. The van der Waals surface area contributed by atoms with Crippen molar-refractivity contribution in [3.63, 3.8) is 0 Å². The molecule has 0 N–H and O–H groups in total. The molecule has 0 aromatic rings. The highest BCUT2D eigenvalue weighted by Crippen LogP contribution is 2.30. The van der Waals surface area contributed by atoms with E-state index >= 15 is 0 Å². The zero-order valence-electron chi connectivity index (χ0n) is 21.5. The molecule has 34 heavy (non-hydrogen) atoms. The number of ether oxygens (including phenoxy) is 5. The lowest BCUT2D eigenvalue weighted by molar-refractivity contribution is -0.883. The third-order valence-corrected chi connectivity index (χ3v) is 5.39. The number of hydrogen-bond donors (Lipinski definition) is 0. The highest BCUT2D eigenvalue weighted by Gasteiger charge is 2.51. The molecule has 0 aromatic heterocycles. The number of terminal acetylenes is 1. The molecule has 0 spiro atoms. The smallest absolute Gasteiger partial charge is 0.306 e. The Morgan fingerprint density at radius 1 is 0.853 bits per heavy atom. The van der Waals surface area contributed by atoms with Crippen LogP contribution in [0.15, 0.2) is 0 Å². The average Bonchev–Trinajstić information content (AvgIpc) is 2.73. The van der Waals surface area contributed by atoms with Gasteiger partial charge in [0.15, 0.2) is 24.6 Å². The normalized spacial score (nSPS) is 24.7.